The lowest BCUT2D eigenvalue weighted by atomic mass is 9.96. The molecule has 192 valence electrons. The lowest BCUT2D eigenvalue weighted by Gasteiger charge is -2.26. The van der Waals surface area contributed by atoms with Gasteiger partial charge in [-0.25, -0.2) is 4.79 Å². The molecule has 0 unspecified atom stereocenters. The van der Waals surface area contributed by atoms with E-state index in [4.69, 9.17) is 10.8 Å². The van der Waals surface area contributed by atoms with Crippen molar-refractivity contribution in [1.29, 1.82) is 0 Å². The van der Waals surface area contributed by atoms with Gasteiger partial charge in [0.2, 0.25) is 11.8 Å². The molecule has 0 spiro atoms. The molecule has 5 N–H and O–H groups in total. The molecule has 3 aromatic carbocycles. The quantitative estimate of drug-likeness (QED) is 0.369. The van der Waals surface area contributed by atoms with Crippen LogP contribution in [0.5, 0.6) is 5.75 Å². The van der Waals surface area contributed by atoms with Crippen LogP contribution in [0.25, 0.3) is 11.1 Å². The fourth-order valence-electron chi connectivity index (χ4n) is 4.92. The van der Waals surface area contributed by atoms with Crippen LogP contribution in [0, 0.1) is 6.92 Å². The van der Waals surface area contributed by atoms with Crippen LogP contribution in [0.2, 0.25) is 0 Å². The maximum atomic E-state index is 13.2. The number of likely N-dealkylation sites (tertiary alicyclic amines) is 1. The highest BCUT2D eigenvalue weighted by Crippen LogP contribution is 2.28. The summed E-state index contributed by atoms with van der Waals surface area (Å²) in [6, 6.07) is 17.2. The Morgan fingerprint density at radius 3 is 2.57 bits per heavy atom. The minimum atomic E-state index is -1.20. The van der Waals surface area contributed by atoms with Gasteiger partial charge in [0.25, 0.3) is 0 Å². The van der Waals surface area contributed by atoms with Crippen molar-refractivity contribution in [2.24, 2.45) is 5.73 Å². The normalized spacial score (nSPS) is 16.3. The predicted octanol–water partition coefficient (Wildman–Crippen LogP) is 4.01. The number of nitrogens with two attached hydrogens (primary N) is 1. The summed E-state index contributed by atoms with van der Waals surface area (Å²) in [5, 5.41) is 22.1. The third-order valence-electron chi connectivity index (χ3n) is 6.91. The van der Waals surface area contributed by atoms with Crippen molar-refractivity contribution in [3.8, 4) is 16.9 Å². The van der Waals surface area contributed by atoms with Crippen molar-refractivity contribution in [3.63, 3.8) is 0 Å². The number of carbonyl (C=O) groups is 3. The average molecular weight is 502 g/mol. The minimum absolute atomic E-state index is 0.0964. The second kappa shape index (κ2) is 10.8. The van der Waals surface area contributed by atoms with Gasteiger partial charge in [0, 0.05) is 12.1 Å². The van der Waals surface area contributed by atoms with Gasteiger partial charge < -0.3 is 21.3 Å². The van der Waals surface area contributed by atoms with E-state index in [0.29, 0.717) is 17.7 Å². The van der Waals surface area contributed by atoms with Gasteiger partial charge in [-0.3, -0.25) is 14.5 Å². The van der Waals surface area contributed by atoms with Crippen molar-refractivity contribution in [2.75, 3.05) is 6.54 Å². The Morgan fingerprint density at radius 2 is 1.89 bits per heavy atom. The van der Waals surface area contributed by atoms with E-state index in [2.05, 4.69) is 16.3 Å². The first-order valence-electron chi connectivity index (χ1n) is 12.2. The number of rotatable bonds is 8. The zero-order valence-electron chi connectivity index (χ0n) is 20.9. The molecular formula is C29H31N3O5. The van der Waals surface area contributed by atoms with E-state index in [-0.39, 0.29) is 23.3 Å². The molecule has 1 saturated heterocycles. The molecule has 0 aliphatic carbocycles. The third kappa shape index (κ3) is 5.81. The van der Waals surface area contributed by atoms with Gasteiger partial charge in [-0.1, -0.05) is 30.3 Å². The molecule has 8 heteroatoms. The molecule has 0 saturated carbocycles. The monoisotopic (exact) mass is 501 g/mol. The number of aromatic carboxylic acids is 1. The summed E-state index contributed by atoms with van der Waals surface area (Å²) >= 11 is 0. The summed E-state index contributed by atoms with van der Waals surface area (Å²) in [6.45, 7) is 5.18. The van der Waals surface area contributed by atoms with Gasteiger partial charge in [-0.15, -0.1) is 0 Å². The van der Waals surface area contributed by atoms with E-state index < -0.39 is 17.9 Å². The Balaban J connectivity index is 1.45. The number of aryl methyl sites for hydroxylation is 1. The van der Waals surface area contributed by atoms with Gasteiger partial charge in [0.05, 0.1) is 12.1 Å². The molecule has 0 radical (unpaired) electrons. The highest BCUT2D eigenvalue weighted by Gasteiger charge is 2.31. The summed E-state index contributed by atoms with van der Waals surface area (Å²) in [6.07, 6.45) is 1.66. The van der Waals surface area contributed by atoms with Crippen LogP contribution >= 0.6 is 0 Å². The van der Waals surface area contributed by atoms with Gasteiger partial charge in [-0.05, 0) is 91.4 Å². The number of nitrogens with one attached hydrogen (secondary N) is 1. The fraction of sp³-hybridized carbons (Fsp3) is 0.276. The summed E-state index contributed by atoms with van der Waals surface area (Å²) < 4.78 is 0. The van der Waals surface area contributed by atoms with E-state index in [0.717, 1.165) is 41.6 Å². The standard InChI is InChI=1S/C29H31N3O5/c1-17-13-22(27(30)34)9-10-23(17)21-6-3-5-19(14-21)16-32-12-4-7-25(32)28(35)31-18(2)20-8-11-24(29(36)37)26(33)15-20/h3,5-6,8-11,13-15,18,25,33H,4,7,12,16H2,1-2H3,(H2,30,34)(H,31,35)(H,36,37)/t18-,25+/m0/s1. The number of carboxylic acid groups (broad SMARTS) is 1. The number of hydrogen-bond acceptors (Lipinski definition) is 5. The summed E-state index contributed by atoms with van der Waals surface area (Å²) in [5.41, 5.74) is 10.4. The van der Waals surface area contributed by atoms with Gasteiger partial charge in [0.1, 0.15) is 11.3 Å². The molecule has 1 heterocycles. The van der Waals surface area contributed by atoms with Crippen LogP contribution in [0.1, 0.15) is 63.2 Å². The molecule has 0 bridgehead atoms. The van der Waals surface area contributed by atoms with E-state index >= 15 is 0 Å². The summed E-state index contributed by atoms with van der Waals surface area (Å²) in [4.78, 5) is 38.0. The second-order valence-corrected chi connectivity index (χ2v) is 9.53. The number of phenols is 1. The van der Waals surface area contributed by atoms with Crippen LogP contribution in [-0.4, -0.2) is 45.5 Å². The van der Waals surface area contributed by atoms with Gasteiger partial charge >= 0.3 is 5.97 Å². The van der Waals surface area contributed by atoms with Gasteiger partial charge in [0.15, 0.2) is 0 Å². The second-order valence-electron chi connectivity index (χ2n) is 9.53. The topological polar surface area (TPSA) is 133 Å². The molecule has 1 fully saturated rings. The zero-order chi connectivity index (χ0) is 26.7. The number of amides is 2. The third-order valence-corrected chi connectivity index (χ3v) is 6.91. The van der Waals surface area contributed by atoms with Crippen LogP contribution in [0.4, 0.5) is 0 Å². The molecule has 4 rings (SSSR count). The molecule has 37 heavy (non-hydrogen) atoms. The highest BCUT2D eigenvalue weighted by atomic mass is 16.4. The zero-order valence-corrected chi connectivity index (χ0v) is 20.9. The molecule has 1 aliphatic rings. The number of aromatic hydroxyl groups is 1. The fourth-order valence-corrected chi connectivity index (χ4v) is 4.92. The molecular weight excluding hydrogens is 470 g/mol. The Morgan fingerprint density at radius 1 is 1.11 bits per heavy atom. The van der Waals surface area contributed by atoms with E-state index in [1.165, 1.54) is 12.1 Å². The number of carbonyl (C=O) groups excluding carboxylic acids is 2. The highest BCUT2D eigenvalue weighted by molar-refractivity contribution is 5.94. The minimum Gasteiger partial charge on any atom is -0.507 e. The van der Waals surface area contributed by atoms with Crippen LogP contribution in [0.3, 0.4) is 0 Å². The molecule has 8 nitrogen and oxygen atoms in total. The Labute approximate surface area is 215 Å². The molecule has 1 aliphatic heterocycles. The van der Waals surface area contributed by atoms with Crippen LogP contribution in [0.15, 0.2) is 60.7 Å². The first-order chi connectivity index (χ1) is 17.6. The maximum Gasteiger partial charge on any atom is 0.339 e. The van der Waals surface area contributed by atoms with E-state index in [1.807, 2.05) is 38.1 Å². The number of carboxylic acids is 1. The first-order valence-corrected chi connectivity index (χ1v) is 12.2. The average Bonchev–Trinajstić information content (AvgIpc) is 3.32. The molecule has 2 atom stereocenters. The van der Waals surface area contributed by atoms with Crippen LogP contribution in [-0.2, 0) is 11.3 Å². The van der Waals surface area contributed by atoms with E-state index in [1.54, 1.807) is 18.2 Å². The Bertz CT molecular complexity index is 1350. The largest absolute Gasteiger partial charge is 0.507 e. The Hall–Kier alpha value is -4.17. The SMILES string of the molecule is Cc1cc(C(N)=O)ccc1-c1cccc(CN2CCC[C@@H]2C(=O)N[C@@H](C)c2ccc(C(=O)O)c(O)c2)c1. The Kier molecular flexibility index (Phi) is 7.59. The lowest BCUT2D eigenvalue weighted by Crippen LogP contribution is -2.43. The van der Waals surface area contributed by atoms with Crippen molar-refractivity contribution in [1.82, 2.24) is 10.2 Å². The first kappa shape index (κ1) is 25.9. The number of benzene rings is 3. The lowest BCUT2D eigenvalue weighted by molar-refractivity contribution is -0.126. The molecule has 2 amide bonds. The maximum absolute atomic E-state index is 13.2. The number of primary amides is 1. The smallest absolute Gasteiger partial charge is 0.339 e. The van der Waals surface area contributed by atoms with Crippen molar-refractivity contribution in [3.05, 3.63) is 88.5 Å². The summed E-state index contributed by atoms with van der Waals surface area (Å²) in [7, 11) is 0. The molecule has 0 aromatic heterocycles. The van der Waals surface area contributed by atoms with Crippen molar-refractivity contribution in [2.45, 2.75) is 45.3 Å². The van der Waals surface area contributed by atoms with Crippen molar-refractivity contribution >= 4 is 17.8 Å². The summed E-state index contributed by atoms with van der Waals surface area (Å²) in [5.74, 6) is -2.08. The van der Waals surface area contributed by atoms with E-state index in [9.17, 15) is 19.5 Å². The number of hydrogen-bond donors (Lipinski definition) is 4. The van der Waals surface area contributed by atoms with Crippen molar-refractivity contribution < 1.29 is 24.6 Å². The predicted molar refractivity (Wildman–Crippen MR) is 140 cm³/mol. The number of nitrogens with zero attached hydrogens (tertiary/aromatic N) is 1. The molecule has 3 aromatic rings. The van der Waals surface area contributed by atoms with Crippen LogP contribution < -0.4 is 11.1 Å². The van der Waals surface area contributed by atoms with Gasteiger partial charge in [-0.2, -0.15) is 0 Å².